The number of rotatable bonds is 4. The average Bonchev–Trinajstić information content (AvgIpc) is 3.11. The van der Waals surface area contributed by atoms with E-state index in [1.54, 1.807) is 20.3 Å². The molecule has 1 aliphatic rings. The lowest BCUT2D eigenvalue weighted by Crippen LogP contribution is -2.40. The van der Waals surface area contributed by atoms with Gasteiger partial charge in [-0.3, -0.25) is 0 Å². The summed E-state index contributed by atoms with van der Waals surface area (Å²) >= 11 is 0. The molecule has 0 spiro atoms. The molecule has 3 rings (SSSR count). The maximum absolute atomic E-state index is 12.4. The number of carbonyl (C=O) groups excluding carboxylic acids is 1. The number of ether oxygens (including phenoxy) is 2. The van der Waals surface area contributed by atoms with Crippen molar-refractivity contribution in [3.8, 4) is 11.6 Å². The minimum atomic E-state index is -0.100. The van der Waals surface area contributed by atoms with Gasteiger partial charge < -0.3 is 24.2 Å². The number of hydrogen-bond acceptors (Lipinski definition) is 5. The summed E-state index contributed by atoms with van der Waals surface area (Å²) in [6.45, 7) is 1.34. The molecule has 24 heavy (non-hydrogen) atoms. The highest BCUT2D eigenvalue weighted by Crippen LogP contribution is 2.30. The number of aromatic nitrogens is 1. The average molecular weight is 331 g/mol. The highest BCUT2D eigenvalue weighted by molar-refractivity contribution is 5.89. The Labute approximate surface area is 140 Å². The van der Waals surface area contributed by atoms with Crippen LogP contribution in [0.4, 0.5) is 10.5 Å². The number of anilines is 1. The molecule has 0 atom stereocenters. The number of likely N-dealkylation sites (tertiary alicyclic amines) is 1. The van der Waals surface area contributed by atoms with Crippen molar-refractivity contribution in [2.45, 2.75) is 18.8 Å². The lowest BCUT2D eigenvalue weighted by Gasteiger charge is -2.30. The first-order valence-electron chi connectivity index (χ1n) is 7.90. The topological polar surface area (TPSA) is 76.8 Å². The normalized spacial score (nSPS) is 15.2. The van der Waals surface area contributed by atoms with E-state index in [0.29, 0.717) is 24.7 Å². The lowest BCUT2D eigenvalue weighted by atomic mass is 9.94. The van der Waals surface area contributed by atoms with E-state index in [1.807, 2.05) is 29.2 Å². The maximum atomic E-state index is 12.4. The van der Waals surface area contributed by atoms with Crippen LogP contribution in [0.5, 0.6) is 11.6 Å². The molecule has 128 valence electrons. The molecular formula is C17H21N3O4. The summed E-state index contributed by atoms with van der Waals surface area (Å²) in [5, 5.41) is 6.74. The summed E-state index contributed by atoms with van der Waals surface area (Å²) in [4.78, 5) is 14.2. The molecule has 7 heteroatoms. The van der Waals surface area contributed by atoms with Crippen LogP contribution in [0, 0.1) is 0 Å². The fourth-order valence-electron chi connectivity index (χ4n) is 2.83. The van der Waals surface area contributed by atoms with E-state index in [2.05, 4.69) is 10.5 Å². The van der Waals surface area contributed by atoms with Crippen molar-refractivity contribution in [3.05, 3.63) is 36.1 Å². The highest BCUT2D eigenvalue weighted by Gasteiger charge is 2.26. The minimum Gasteiger partial charge on any atom is -0.497 e. The van der Waals surface area contributed by atoms with Crippen molar-refractivity contribution in [1.29, 1.82) is 0 Å². The van der Waals surface area contributed by atoms with Crippen LogP contribution >= 0.6 is 0 Å². The van der Waals surface area contributed by atoms with E-state index in [1.165, 1.54) is 0 Å². The Morgan fingerprint density at radius 1 is 1.25 bits per heavy atom. The van der Waals surface area contributed by atoms with Crippen LogP contribution in [-0.2, 0) is 0 Å². The molecule has 1 saturated heterocycles. The van der Waals surface area contributed by atoms with Gasteiger partial charge in [0, 0.05) is 36.8 Å². The van der Waals surface area contributed by atoms with Crippen LogP contribution < -0.4 is 14.8 Å². The first-order valence-corrected chi connectivity index (χ1v) is 7.90. The van der Waals surface area contributed by atoms with Crippen molar-refractivity contribution in [3.63, 3.8) is 0 Å². The Hall–Kier alpha value is -2.70. The molecule has 2 amide bonds. The third-order valence-electron chi connectivity index (χ3n) is 4.22. The predicted octanol–water partition coefficient (Wildman–Crippen LogP) is 3.10. The molecule has 1 N–H and O–H groups in total. The largest absolute Gasteiger partial charge is 0.497 e. The van der Waals surface area contributed by atoms with E-state index >= 15 is 0 Å². The van der Waals surface area contributed by atoms with Crippen LogP contribution in [0.2, 0.25) is 0 Å². The molecule has 1 fully saturated rings. The number of nitrogens with zero attached hydrogens (tertiary/aromatic N) is 2. The van der Waals surface area contributed by atoms with Crippen molar-refractivity contribution in [2.75, 3.05) is 32.6 Å². The second-order valence-corrected chi connectivity index (χ2v) is 5.70. The Bertz CT molecular complexity index is 693. The molecule has 1 aliphatic heterocycles. The summed E-state index contributed by atoms with van der Waals surface area (Å²) in [6.07, 6.45) is 1.67. The summed E-state index contributed by atoms with van der Waals surface area (Å²) in [7, 11) is 3.16. The predicted molar refractivity (Wildman–Crippen MR) is 88.6 cm³/mol. The first kappa shape index (κ1) is 16.2. The van der Waals surface area contributed by atoms with E-state index in [-0.39, 0.29) is 11.9 Å². The summed E-state index contributed by atoms with van der Waals surface area (Å²) < 4.78 is 15.5. The lowest BCUT2D eigenvalue weighted by molar-refractivity contribution is 0.188. The zero-order chi connectivity index (χ0) is 16.9. The van der Waals surface area contributed by atoms with Gasteiger partial charge in [-0.2, -0.15) is 0 Å². The molecular weight excluding hydrogens is 310 g/mol. The van der Waals surface area contributed by atoms with Gasteiger partial charge in [0.05, 0.1) is 14.2 Å². The second kappa shape index (κ2) is 7.25. The van der Waals surface area contributed by atoms with Gasteiger partial charge in [0.1, 0.15) is 11.5 Å². The Morgan fingerprint density at radius 2 is 2.04 bits per heavy atom. The highest BCUT2D eigenvalue weighted by atomic mass is 16.5. The number of benzene rings is 1. The van der Waals surface area contributed by atoms with Gasteiger partial charge in [0.25, 0.3) is 5.88 Å². The third-order valence-corrected chi connectivity index (χ3v) is 4.22. The zero-order valence-corrected chi connectivity index (χ0v) is 13.8. The van der Waals surface area contributed by atoms with E-state index < -0.39 is 0 Å². The van der Waals surface area contributed by atoms with Crippen molar-refractivity contribution in [1.82, 2.24) is 10.1 Å². The van der Waals surface area contributed by atoms with Crippen LogP contribution in [0.15, 0.2) is 34.9 Å². The monoisotopic (exact) mass is 331 g/mol. The third kappa shape index (κ3) is 3.61. The quantitative estimate of drug-likeness (QED) is 0.931. The maximum Gasteiger partial charge on any atom is 0.321 e. The first-order chi connectivity index (χ1) is 11.7. The summed E-state index contributed by atoms with van der Waals surface area (Å²) in [5.41, 5.74) is 0.724. The molecule has 0 bridgehead atoms. The smallest absolute Gasteiger partial charge is 0.321 e. The van der Waals surface area contributed by atoms with Gasteiger partial charge in [-0.1, -0.05) is 6.07 Å². The number of urea groups is 1. The van der Waals surface area contributed by atoms with Gasteiger partial charge >= 0.3 is 6.03 Å². The fourth-order valence-corrected chi connectivity index (χ4v) is 2.83. The molecule has 2 heterocycles. The Morgan fingerprint density at radius 3 is 2.71 bits per heavy atom. The number of hydrogen-bond donors (Lipinski definition) is 1. The number of piperidine rings is 1. The molecule has 0 radical (unpaired) electrons. The summed E-state index contributed by atoms with van der Waals surface area (Å²) in [6, 6.07) is 9.04. The van der Waals surface area contributed by atoms with Gasteiger partial charge in [0.2, 0.25) is 0 Å². The van der Waals surface area contributed by atoms with Gasteiger partial charge in [0.15, 0.2) is 0 Å². The van der Waals surface area contributed by atoms with Crippen molar-refractivity contribution in [2.24, 2.45) is 0 Å². The number of nitrogens with one attached hydrogen (secondary N) is 1. The molecule has 1 aromatic carbocycles. The minimum absolute atomic E-state index is 0.100. The Kier molecular flexibility index (Phi) is 4.88. The van der Waals surface area contributed by atoms with Crippen molar-refractivity contribution < 1.29 is 18.8 Å². The number of amides is 2. The molecule has 0 aliphatic carbocycles. The van der Waals surface area contributed by atoms with Gasteiger partial charge in [-0.05, 0) is 30.1 Å². The van der Waals surface area contributed by atoms with Crippen LogP contribution in [0.1, 0.15) is 24.5 Å². The van der Waals surface area contributed by atoms with Gasteiger partial charge in [-0.15, -0.1) is 0 Å². The summed E-state index contributed by atoms with van der Waals surface area (Å²) in [5.74, 6) is 2.29. The standard InChI is InChI=1S/C17H21N3O4/c1-22-14-5-3-4-13(10-14)18-17(21)20-8-6-12(7-9-20)15-11-16(23-2)19-24-15/h3-5,10-12H,6-9H2,1-2H3,(H,18,21). The van der Waals surface area contributed by atoms with Crippen LogP contribution in [0.25, 0.3) is 0 Å². The SMILES string of the molecule is COc1cccc(NC(=O)N2CCC(c3cc(OC)no3)CC2)c1. The second-order valence-electron chi connectivity index (χ2n) is 5.70. The molecule has 2 aromatic rings. The van der Waals surface area contributed by atoms with Crippen LogP contribution in [0.3, 0.4) is 0 Å². The van der Waals surface area contributed by atoms with Crippen LogP contribution in [-0.4, -0.2) is 43.4 Å². The van der Waals surface area contributed by atoms with Crippen molar-refractivity contribution >= 4 is 11.7 Å². The number of carbonyl (C=O) groups is 1. The molecule has 7 nitrogen and oxygen atoms in total. The number of methoxy groups -OCH3 is 2. The fraction of sp³-hybridized carbons (Fsp3) is 0.412. The Balaban J connectivity index is 1.54. The zero-order valence-electron chi connectivity index (χ0n) is 13.8. The molecule has 1 aromatic heterocycles. The van der Waals surface area contributed by atoms with E-state index in [4.69, 9.17) is 14.0 Å². The van der Waals surface area contributed by atoms with E-state index in [9.17, 15) is 4.79 Å². The molecule has 0 unspecified atom stereocenters. The van der Waals surface area contributed by atoms with E-state index in [0.717, 1.165) is 24.3 Å². The van der Waals surface area contributed by atoms with Gasteiger partial charge in [-0.25, -0.2) is 4.79 Å². The molecule has 0 saturated carbocycles.